The molecular formula is C12H18F3N3O2. The number of carbonyl (C=O) groups is 2. The maximum atomic E-state index is 13.1. The molecule has 5 nitrogen and oxygen atoms in total. The summed E-state index contributed by atoms with van der Waals surface area (Å²) < 4.78 is 39.3. The number of amides is 2. The lowest BCUT2D eigenvalue weighted by Gasteiger charge is -2.29. The van der Waals surface area contributed by atoms with Crippen LogP contribution in [0.25, 0.3) is 0 Å². The van der Waals surface area contributed by atoms with Crippen molar-refractivity contribution >= 4 is 11.8 Å². The fourth-order valence-corrected chi connectivity index (χ4v) is 2.66. The van der Waals surface area contributed by atoms with Crippen molar-refractivity contribution < 1.29 is 22.8 Å². The Labute approximate surface area is 114 Å². The summed E-state index contributed by atoms with van der Waals surface area (Å²) in [5, 5.41) is 4.73. The molecule has 0 radical (unpaired) electrons. The average Bonchev–Trinajstić information content (AvgIpc) is 3.04. The molecule has 2 rings (SSSR count). The van der Waals surface area contributed by atoms with Crippen LogP contribution in [0.5, 0.6) is 0 Å². The van der Waals surface area contributed by atoms with E-state index in [0.717, 1.165) is 12.8 Å². The van der Waals surface area contributed by atoms with Gasteiger partial charge in [-0.3, -0.25) is 9.59 Å². The molecule has 2 aliphatic rings. The highest BCUT2D eigenvalue weighted by Crippen LogP contribution is 2.43. The Morgan fingerprint density at radius 1 is 1.25 bits per heavy atom. The Balaban J connectivity index is 1.94. The first-order chi connectivity index (χ1) is 9.37. The highest BCUT2D eigenvalue weighted by atomic mass is 19.4. The summed E-state index contributed by atoms with van der Waals surface area (Å²) >= 11 is 0. The maximum Gasteiger partial charge on any atom is 0.404 e. The molecule has 2 heterocycles. The van der Waals surface area contributed by atoms with E-state index in [0.29, 0.717) is 13.1 Å². The van der Waals surface area contributed by atoms with Crippen molar-refractivity contribution in [2.45, 2.75) is 25.4 Å². The molecule has 114 valence electrons. The monoisotopic (exact) mass is 293 g/mol. The van der Waals surface area contributed by atoms with Gasteiger partial charge < -0.3 is 15.5 Å². The van der Waals surface area contributed by atoms with E-state index >= 15 is 0 Å². The van der Waals surface area contributed by atoms with Crippen molar-refractivity contribution in [3.05, 3.63) is 0 Å². The van der Waals surface area contributed by atoms with Gasteiger partial charge in [0.2, 0.25) is 11.8 Å². The molecule has 2 saturated heterocycles. The minimum atomic E-state index is -4.61. The van der Waals surface area contributed by atoms with Gasteiger partial charge in [-0.05, 0) is 25.8 Å². The van der Waals surface area contributed by atoms with Gasteiger partial charge in [-0.1, -0.05) is 0 Å². The number of alkyl halides is 3. The third-order valence-electron chi connectivity index (χ3n) is 3.99. The van der Waals surface area contributed by atoms with Gasteiger partial charge in [-0.25, -0.2) is 0 Å². The van der Waals surface area contributed by atoms with E-state index in [1.54, 1.807) is 4.90 Å². The van der Waals surface area contributed by atoms with Crippen LogP contribution in [0.4, 0.5) is 13.2 Å². The summed E-state index contributed by atoms with van der Waals surface area (Å²) in [4.78, 5) is 25.2. The van der Waals surface area contributed by atoms with E-state index in [4.69, 9.17) is 0 Å². The molecule has 1 atom stereocenters. The van der Waals surface area contributed by atoms with Gasteiger partial charge in [0.15, 0.2) is 5.41 Å². The van der Waals surface area contributed by atoms with Crippen LogP contribution in [-0.4, -0.2) is 55.6 Å². The second-order valence-corrected chi connectivity index (χ2v) is 5.28. The number of hydrogen-bond donors (Lipinski definition) is 2. The van der Waals surface area contributed by atoms with Crippen LogP contribution in [0.2, 0.25) is 0 Å². The first-order valence-corrected chi connectivity index (χ1v) is 6.70. The van der Waals surface area contributed by atoms with Crippen molar-refractivity contribution in [1.29, 1.82) is 0 Å². The summed E-state index contributed by atoms with van der Waals surface area (Å²) in [5.41, 5.74) is -2.40. The molecule has 2 fully saturated rings. The van der Waals surface area contributed by atoms with Gasteiger partial charge in [0.1, 0.15) is 0 Å². The molecule has 20 heavy (non-hydrogen) atoms. The highest BCUT2D eigenvalue weighted by molar-refractivity contribution is 5.89. The van der Waals surface area contributed by atoms with Gasteiger partial charge in [-0.2, -0.15) is 13.2 Å². The molecule has 0 aromatic carbocycles. The number of nitrogens with zero attached hydrogens (tertiary/aromatic N) is 1. The van der Waals surface area contributed by atoms with Gasteiger partial charge in [-0.15, -0.1) is 0 Å². The van der Waals surface area contributed by atoms with Crippen molar-refractivity contribution in [3.63, 3.8) is 0 Å². The van der Waals surface area contributed by atoms with Crippen LogP contribution < -0.4 is 10.6 Å². The number of halogens is 3. The predicted octanol–water partition coefficient (Wildman–Crippen LogP) is 0.267. The lowest BCUT2D eigenvalue weighted by Crippen LogP contribution is -2.53. The minimum absolute atomic E-state index is 0.146. The molecular weight excluding hydrogens is 275 g/mol. The number of carbonyl (C=O) groups excluding carboxylic acids is 2. The summed E-state index contributed by atoms with van der Waals surface area (Å²) in [6.07, 6.45) is -3.11. The zero-order chi connectivity index (χ0) is 14.8. The lowest BCUT2D eigenvalue weighted by atomic mass is 9.85. The SMILES string of the molecule is O=C(CNC(=O)C1(C(F)(F)F)CCNC1)N1CCCC1. The van der Waals surface area contributed by atoms with E-state index in [2.05, 4.69) is 10.6 Å². The molecule has 0 saturated carbocycles. The Kier molecular flexibility index (Phi) is 4.22. The van der Waals surface area contributed by atoms with E-state index < -0.39 is 24.0 Å². The van der Waals surface area contributed by atoms with Crippen molar-refractivity contribution in [1.82, 2.24) is 15.5 Å². The van der Waals surface area contributed by atoms with E-state index in [1.807, 2.05) is 0 Å². The first-order valence-electron chi connectivity index (χ1n) is 6.70. The molecule has 8 heteroatoms. The third kappa shape index (κ3) is 2.74. The Morgan fingerprint density at radius 3 is 2.40 bits per heavy atom. The minimum Gasteiger partial charge on any atom is -0.346 e. The van der Waals surface area contributed by atoms with E-state index in [1.165, 1.54) is 0 Å². The molecule has 2 aliphatic heterocycles. The molecule has 0 aliphatic carbocycles. The van der Waals surface area contributed by atoms with Crippen LogP contribution >= 0.6 is 0 Å². The lowest BCUT2D eigenvalue weighted by molar-refractivity contribution is -0.216. The zero-order valence-corrected chi connectivity index (χ0v) is 11.1. The van der Waals surface area contributed by atoms with Crippen molar-refractivity contribution in [2.75, 3.05) is 32.7 Å². The molecule has 0 spiro atoms. The van der Waals surface area contributed by atoms with Crippen LogP contribution in [0.15, 0.2) is 0 Å². The van der Waals surface area contributed by atoms with Gasteiger partial charge in [0.05, 0.1) is 6.54 Å². The topological polar surface area (TPSA) is 61.4 Å². The highest BCUT2D eigenvalue weighted by Gasteiger charge is 2.61. The summed E-state index contributed by atoms with van der Waals surface area (Å²) in [6.45, 7) is 0.575. The molecule has 2 amide bonds. The molecule has 0 aromatic rings. The standard InChI is InChI=1S/C12H18F3N3O2/c13-12(14,15)11(3-4-16-8-11)10(20)17-7-9(19)18-5-1-2-6-18/h16H,1-8H2,(H,17,20). The Hall–Kier alpha value is -1.31. The number of nitrogens with one attached hydrogen (secondary N) is 2. The van der Waals surface area contributed by atoms with E-state index in [9.17, 15) is 22.8 Å². The van der Waals surface area contributed by atoms with Gasteiger partial charge in [0, 0.05) is 19.6 Å². The average molecular weight is 293 g/mol. The molecule has 1 unspecified atom stereocenters. The number of likely N-dealkylation sites (tertiary alicyclic amines) is 1. The van der Waals surface area contributed by atoms with Gasteiger partial charge >= 0.3 is 6.18 Å². The quantitative estimate of drug-likeness (QED) is 0.785. The summed E-state index contributed by atoms with van der Waals surface area (Å²) in [6, 6.07) is 0. The second kappa shape index (κ2) is 5.59. The Bertz CT molecular complexity index is 386. The first kappa shape index (κ1) is 15.1. The third-order valence-corrected chi connectivity index (χ3v) is 3.99. The predicted molar refractivity (Wildman–Crippen MR) is 64.8 cm³/mol. The van der Waals surface area contributed by atoms with Gasteiger partial charge in [0.25, 0.3) is 0 Å². The fourth-order valence-electron chi connectivity index (χ4n) is 2.66. The molecule has 0 aromatic heterocycles. The summed E-state index contributed by atoms with van der Waals surface area (Å²) in [7, 11) is 0. The Morgan fingerprint density at radius 2 is 1.90 bits per heavy atom. The zero-order valence-electron chi connectivity index (χ0n) is 11.1. The normalized spacial score (nSPS) is 26.9. The van der Waals surface area contributed by atoms with E-state index in [-0.39, 0.29) is 25.4 Å². The maximum absolute atomic E-state index is 13.1. The second-order valence-electron chi connectivity index (χ2n) is 5.28. The molecule has 0 bridgehead atoms. The van der Waals surface area contributed by atoms with Crippen LogP contribution in [0.1, 0.15) is 19.3 Å². The number of hydrogen-bond acceptors (Lipinski definition) is 3. The molecule has 2 N–H and O–H groups in total. The van der Waals surface area contributed by atoms with Crippen LogP contribution in [-0.2, 0) is 9.59 Å². The largest absolute Gasteiger partial charge is 0.404 e. The van der Waals surface area contributed by atoms with Crippen molar-refractivity contribution in [2.24, 2.45) is 5.41 Å². The fraction of sp³-hybridized carbons (Fsp3) is 0.833. The van der Waals surface area contributed by atoms with Crippen LogP contribution in [0, 0.1) is 5.41 Å². The smallest absolute Gasteiger partial charge is 0.346 e. The summed E-state index contributed by atoms with van der Waals surface area (Å²) in [5.74, 6) is -1.43. The van der Waals surface area contributed by atoms with Crippen LogP contribution in [0.3, 0.4) is 0 Å². The van der Waals surface area contributed by atoms with Crippen molar-refractivity contribution in [3.8, 4) is 0 Å². The number of rotatable bonds is 3.